The van der Waals surface area contributed by atoms with Crippen LogP contribution in [0.3, 0.4) is 0 Å². The van der Waals surface area contributed by atoms with Crippen LogP contribution in [-0.2, 0) is 5.33 Å². The van der Waals surface area contributed by atoms with Crippen molar-refractivity contribution in [3.63, 3.8) is 0 Å². The molecule has 1 aromatic rings. The van der Waals surface area contributed by atoms with E-state index >= 15 is 0 Å². The maximum Gasteiger partial charge on any atom is 0.188 e. The van der Waals surface area contributed by atoms with E-state index in [4.69, 9.17) is 5.11 Å². The van der Waals surface area contributed by atoms with Gasteiger partial charge in [0.15, 0.2) is 17.4 Å². The fraction of sp³-hybridized carbons (Fsp3) is 0.143. The third-order valence-electron chi connectivity index (χ3n) is 1.29. The van der Waals surface area contributed by atoms with Crippen LogP contribution in [0.4, 0.5) is 8.78 Å². The van der Waals surface area contributed by atoms with Gasteiger partial charge in [-0.25, -0.2) is 8.78 Å². The molecule has 1 N–H and O–H groups in total. The summed E-state index contributed by atoms with van der Waals surface area (Å²) < 4.78 is 25.1. The molecule has 0 unspecified atom stereocenters. The number of halogens is 3. The van der Waals surface area contributed by atoms with Crippen molar-refractivity contribution in [3.8, 4) is 5.75 Å². The van der Waals surface area contributed by atoms with E-state index < -0.39 is 17.4 Å². The van der Waals surface area contributed by atoms with Gasteiger partial charge in [0.2, 0.25) is 0 Å². The molecule has 0 aliphatic carbocycles. The molecule has 4 heteroatoms. The lowest BCUT2D eigenvalue weighted by molar-refractivity contribution is 0.394. The smallest absolute Gasteiger partial charge is 0.188 e. The van der Waals surface area contributed by atoms with Gasteiger partial charge in [0.1, 0.15) is 0 Å². The first kappa shape index (κ1) is 8.46. The molecule has 1 rings (SSSR count). The van der Waals surface area contributed by atoms with Crippen molar-refractivity contribution in [3.05, 3.63) is 29.3 Å². The van der Waals surface area contributed by atoms with Crippen LogP contribution < -0.4 is 0 Å². The Kier molecular flexibility index (Phi) is 2.44. The number of hydrogen-bond donors (Lipinski definition) is 1. The highest BCUT2D eigenvalue weighted by Crippen LogP contribution is 2.23. The molecular weight excluding hydrogens is 218 g/mol. The highest BCUT2D eigenvalue weighted by atomic mass is 79.9. The number of aromatic hydroxyl groups is 1. The van der Waals surface area contributed by atoms with E-state index in [1.54, 1.807) is 0 Å². The minimum atomic E-state index is -0.938. The largest absolute Gasteiger partial charge is 0.503 e. The standard InChI is InChI=1S/C7H5BrF2O/c8-3-4-1-2-5(9)7(11)6(4)10/h1-2,11H,3H2. The third kappa shape index (κ3) is 1.50. The monoisotopic (exact) mass is 222 g/mol. The normalized spacial score (nSPS) is 10.1. The Hall–Kier alpha value is -0.640. The molecule has 0 radical (unpaired) electrons. The van der Waals surface area contributed by atoms with Crippen molar-refractivity contribution >= 4 is 15.9 Å². The summed E-state index contributed by atoms with van der Waals surface area (Å²) in [6.07, 6.45) is 0. The zero-order valence-electron chi connectivity index (χ0n) is 5.44. The second-order valence-corrected chi connectivity index (χ2v) is 2.56. The molecule has 0 atom stereocenters. The fourth-order valence-electron chi connectivity index (χ4n) is 0.686. The summed E-state index contributed by atoms with van der Waals surface area (Å²) >= 11 is 2.99. The Labute approximate surface area is 70.8 Å². The van der Waals surface area contributed by atoms with Gasteiger partial charge in [-0.1, -0.05) is 22.0 Å². The van der Waals surface area contributed by atoms with Gasteiger partial charge in [0.25, 0.3) is 0 Å². The SMILES string of the molecule is Oc1c(F)ccc(CBr)c1F. The van der Waals surface area contributed by atoms with Crippen LogP contribution in [0, 0.1) is 11.6 Å². The number of benzene rings is 1. The zero-order chi connectivity index (χ0) is 8.43. The second kappa shape index (κ2) is 3.17. The van der Waals surface area contributed by atoms with E-state index in [0.29, 0.717) is 0 Å². The van der Waals surface area contributed by atoms with Crippen LogP contribution in [0.1, 0.15) is 5.56 Å². The summed E-state index contributed by atoms with van der Waals surface area (Å²) in [5.41, 5.74) is 0.240. The van der Waals surface area contributed by atoms with Crippen molar-refractivity contribution in [1.82, 2.24) is 0 Å². The van der Waals surface area contributed by atoms with E-state index in [2.05, 4.69) is 15.9 Å². The van der Waals surface area contributed by atoms with Crippen LogP contribution in [0.15, 0.2) is 12.1 Å². The van der Waals surface area contributed by atoms with E-state index in [0.717, 1.165) is 6.07 Å². The molecule has 0 aliphatic rings. The minimum absolute atomic E-state index is 0.240. The summed E-state index contributed by atoms with van der Waals surface area (Å²) in [6.45, 7) is 0. The third-order valence-corrected chi connectivity index (χ3v) is 1.89. The number of phenolic OH excluding ortho intramolecular Hbond substituents is 1. The lowest BCUT2D eigenvalue weighted by atomic mass is 10.2. The fourth-order valence-corrected chi connectivity index (χ4v) is 1.12. The Morgan fingerprint density at radius 3 is 2.55 bits per heavy atom. The second-order valence-electron chi connectivity index (χ2n) is 2.00. The van der Waals surface area contributed by atoms with Crippen LogP contribution in [0.2, 0.25) is 0 Å². The van der Waals surface area contributed by atoms with Gasteiger partial charge in [-0.3, -0.25) is 0 Å². The first-order chi connectivity index (χ1) is 5.16. The molecule has 0 spiro atoms. The Bertz CT molecular complexity index is 275. The van der Waals surface area contributed by atoms with E-state index in [1.807, 2.05) is 0 Å². The van der Waals surface area contributed by atoms with Crippen molar-refractivity contribution in [2.75, 3.05) is 0 Å². The average molecular weight is 223 g/mol. The highest BCUT2D eigenvalue weighted by molar-refractivity contribution is 9.08. The van der Waals surface area contributed by atoms with Gasteiger partial charge < -0.3 is 5.11 Å². The molecule has 0 aliphatic heterocycles. The van der Waals surface area contributed by atoms with Crippen molar-refractivity contribution in [1.29, 1.82) is 0 Å². The van der Waals surface area contributed by atoms with Gasteiger partial charge in [0, 0.05) is 10.9 Å². The quantitative estimate of drug-likeness (QED) is 0.725. The molecule has 0 bridgehead atoms. The number of phenols is 1. The molecule has 0 aromatic heterocycles. The summed E-state index contributed by atoms with van der Waals surface area (Å²) in [7, 11) is 0. The van der Waals surface area contributed by atoms with E-state index in [9.17, 15) is 8.78 Å². The molecule has 0 fully saturated rings. The van der Waals surface area contributed by atoms with Crippen LogP contribution >= 0.6 is 15.9 Å². The van der Waals surface area contributed by atoms with Gasteiger partial charge in [0.05, 0.1) is 0 Å². The van der Waals surface area contributed by atoms with Gasteiger partial charge in [-0.15, -0.1) is 0 Å². The van der Waals surface area contributed by atoms with Crippen LogP contribution in [-0.4, -0.2) is 5.11 Å². The van der Waals surface area contributed by atoms with E-state index in [-0.39, 0.29) is 10.9 Å². The first-order valence-electron chi connectivity index (χ1n) is 2.88. The lowest BCUT2D eigenvalue weighted by Crippen LogP contribution is -1.88. The van der Waals surface area contributed by atoms with Gasteiger partial charge >= 0.3 is 0 Å². The summed E-state index contributed by atoms with van der Waals surface area (Å²) in [5, 5.41) is 9.00. The Morgan fingerprint density at radius 1 is 1.36 bits per heavy atom. The Morgan fingerprint density at radius 2 is 2.00 bits per heavy atom. The van der Waals surface area contributed by atoms with Crippen LogP contribution in [0.5, 0.6) is 5.75 Å². The van der Waals surface area contributed by atoms with Gasteiger partial charge in [-0.05, 0) is 6.07 Å². The van der Waals surface area contributed by atoms with Crippen molar-refractivity contribution < 1.29 is 13.9 Å². The minimum Gasteiger partial charge on any atom is -0.503 e. The molecule has 0 saturated carbocycles. The molecule has 11 heavy (non-hydrogen) atoms. The van der Waals surface area contributed by atoms with E-state index in [1.165, 1.54) is 6.07 Å². The number of hydrogen-bond acceptors (Lipinski definition) is 1. The summed E-state index contributed by atoms with van der Waals surface area (Å²) in [5.74, 6) is -2.75. The predicted molar refractivity (Wildman–Crippen MR) is 40.7 cm³/mol. The topological polar surface area (TPSA) is 20.2 Å². The lowest BCUT2D eigenvalue weighted by Gasteiger charge is -2.00. The number of alkyl halides is 1. The average Bonchev–Trinajstić information content (AvgIpc) is 2.01. The maximum absolute atomic E-state index is 12.7. The molecule has 0 heterocycles. The summed E-state index contributed by atoms with van der Waals surface area (Å²) in [4.78, 5) is 0. The molecule has 60 valence electrons. The zero-order valence-corrected chi connectivity index (χ0v) is 7.03. The van der Waals surface area contributed by atoms with Crippen LogP contribution in [0.25, 0.3) is 0 Å². The first-order valence-corrected chi connectivity index (χ1v) is 4.00. The van der Waals surface area contributed by atoms with Gasteiger partial charge in [-0.2, -0.15) is 0 Å². The summed E-state index contributed by atoms with van der Waals surface area (Å²) in [6, 6.07) is 2.30. The maximum atomic E-state index is 12.7. The Balaban J connectivity index is 3.25. The molecule has 1 nitrogen and oxygen atoms in total. The van der Waals surface area contributed by atoms with Crippen molar-refractivity contribution in [2.45, 2.75) is 5.33 Å². The molecule has 1 aromatic carbocycles. The molecule has 0 saturated heterocycles. The highest BCUT2D eigenvalue weighted by Gasteiger charge is 2.10. The molecule has 0 amide bonds. The molecular formula is C7H5BrF2O. The number of rotatable bonds is 1. The predicted octanol–water partition coefficient (Wildman–Crippen LogP) is 2.57. The van der Waals surface area contributed by atoms with Crippen molar-refractivity contribution in [2.24, 2.45) is 0 Å².